The van der Waals surface area contributed by atoms with Crippen LogP contribution in [0.25, 0.3) is 0 Å². The molecule has 0 spiro atoms. The van der Waals surface area contributed by atoms with Crippen molar-refractivity contribution in [1.29, 1.82) is 0 Å². The minimum absolute atomic E-state index is 0.104. The number of hydrogen-bond donors (Lipinski definition) is 1. The highest BCUT2D eigenvalue weighted by Crippen LogP contribution is 2.22. The molecule has 1 aliphatic heterocycles. The number of halogens is 1. The van der Waals surface area contributed by atoms with Gasteiger partial charge >= 0.3 is 5.97 Å². The predicted octanol–water partition coefficient (Wildman–Crippen LogP) is 1.08. The molecule has 0 radical (unpaired) electrons. The van der Waals surface area contributed by atoms with Gasteiger partial charge in [-0.25, -0.2) is 4.98 Å². The van der Waals surface area contributed by atoms with Gasteiger partial charge in [0.1, 0.15) is 16.8 Å². The summed E-state index contributed by atoms with van der Waals surface area (Å²) in [5.41, 5.74) is 0.104. The molecule has 21 heavy (non-hydrogen) atoms. The van der Waals surface area contributed by atoms with E-state index in [4.69, 9.17) is 16.3 Å². The molecule has 2 atom stereocenters. The number of carboxylic acid groups (broad SMARTS) is 1. The molecule has 114 valence electrons. The Morgan fingerprint density at radius 2 is 2.24 bits per heavy atom. The van der Waals surface area contributed by atoms with E-state index >= 15 is 0 Å². The smallest absolute Gasteiger partial charge is 0.311 e. The molecule has 0 aromatic carbocycles. The van der Waals surface area contributed by atoms with Crippen molar-refractivity contribution >= 4 is 23.5 Å². The molecule has 1 aromatic rings. The summed E-state index contributed by atoms with van der Waals surface area (Å²) in [6.45, 7) is 2.64. The van der Waals surface area contributed by atoms with Crippen LogP contribution in [-0.2, 0) is 9.53 Å². The molecular formula is C13H16ClN3O4. The van der Waals surface area contributed by atoms with E-state index < -0.39 is 17.9 Å². The fourth-order valence-corrected chi connectivity index (χ4v) is 2.48. The van der Waals surface area contributed by atoms with Gasteiger partial charge in [0, 0.05) is 6.54 Å². The summed E-state index contributed by atoms with van der Waals surface area (Å²) >= 11 is 5.75. The van der Waals surface area contributed by atoms with Gasteiger partial charge in [-0.3, -0.25) is 14.6 Å². The third kappa shape index (κ3) is 3.48. The second-order valence-corrected chi connectivity index (χ2v) is 5.16. The van der Waals surface area contributed by atoms with Crippen LogP contribution in [0.15, 0.2) is 12.4 Å². The topological polar surface area (TPSA) is 92.6 Å². The van der Waals surface area contributed by atoms with Crippen LogP contribution in [0, 0.1) is 5.92 Å². The highest BCUT2D eigenvalue weighted by atomic mass is 35.5. The Morgan fingerprint density at radius 3 is 2.86 bits per heavy atom. The van der Waals surface area contributed by atoms with Crippen LogP contribution in [0.1, 0.15) is 23.8 Å². The summed E-state index contributed by atoms with van der Waals surface area (Å²) in [4.78, 5) is 33.1. The molecular weight excluding hydrogens is 298 g/mol. The molecule has 1 saturated heterocycles. The minimum Gasteiger partial charge on any atom is -0.481 e. The van der Waals surface area contributed by atoms with E-state index in [1.165, 1.54) is 17.3 Å². The number of nitrogens with zero attached hydrogens (tertiary/aromatic N) is 3. The van der Waals surface area contributed by atoms with Gasteiger partial charge in [0.25, 0.3) is 5.91 Å². The fourth-order valence-electron chi connectivity index (χ4n) is 2.34. The molecule has 2 rings (SSSR count). The van der Waals surface area contributed by atoms with Gasteiger partial charge in [-0.1, -0.05) is 18.5 Å². The Bertz CT molecular complexity index is 540. The molecule has 1 aromatic heterocycles. The van der Waals surface area contributed by atoms with Crippen molar-refractivity contribution in [3.8, 4) is 0 Å². The zero-order valence-corrected chi connectivity index (χ0v) is 12.3. The van der Waals surface area contributed by atoms with Crippen molar-refractivity contribution in [2.75, 3.05) is 19.8 Å². The average molecular weight is 314 g/mol. The van der Waals surface area contributed by atoms with Crippen molar-refractivity contribution in [2.24, 2.45) is 5.92 Å². The summed E-state index contributed by atoms with van der Waals surface area (Å²) in [6, 6.07) is -0.504. The van der Waals surface area contributed by atoms with E-state index in [1.54, 1.807) is 0 Å². The first-order valence-corrected chi connectivity index (χ1v) is 7.01. The summed E-state index contributed by atoms with van der Waals surface area (Å²) in [5.74, 6) is -2.08. The van der Waals surface area contributed by atoms with Crippen LogP contribution in [0.3, 0.4) is 0 Å². The molecule has 0 saturated carbocycles. The normalized spacial score (nSPS) is 21.2. The number of rotatable bonds is 5. The highest BCUT2D eigenvalue weighted by Gasteiger charge is 2.40. The lowest BCUT2D eigenvalue weighted by atomic mass is 10.0. The van der Waals surface area contributed by atoms with Crippen molar-refractivity contribution in [3.63, 3.8) is 0 Å². The van der Waals surface area contributed by atoms with Crippen molar-refractivity contribution < 1.29 is 19.4 Å². The molecule has 1 fully saturated rings. The van der Waals surface area contributed by atoms with Crippen molar-refractivity contribution in [2.45, 2.75) is 19.4 Å². The largest absolute Gasteiger partial charge is 0.481 e. The minimum atomic E-state index is -0.969. The van der Waals surface area contributed by atoms with Gasteiger partial charge in [0.2, 0.25) is 0 Å². The Balaban J connectivity index is 2.26. The van der Waals surface area contributed by atoms with Crippen LogP contribution in [-0.4, -0.2) is 57.7 Å². The molecule has 7 nitrogen and oxygen atoms in total. The first-order valence-electron chi connectivity index (χ1n) is 6.63. The van der Waals surface area contributed by atoms with E-state index in [-0.39, 0.29) is 30.0 Å². The van der Waals surface area contributed by atoms with Gasteiger partial charge in [-0.15, -0.1) is 0 Å². The summed E-state index contributed by atoms with van der Waals surface area (Å²) in [6.07, 6.45) is 3.35. The zero-order valence-electron chi connectivity index (χ0n) is 11.5. The Morgan fingerprint density at radius 1 is 1.48 bits per heavy atom. The standard InChI is InChI=1S/C13H16ClN3O4/c1-2-3-17(10-7-21-6-8(10)13(19)20)12(18)9-4-15-5-11(14)16-9/h4-5,8,10H,2-3,6-7H2,1H3,(H,19,20). The van der Waals surface area contributed by atoms with E-state index in [0.717, 1.165) is 0 Å². The Hall–Kier alpha value is -1.73. The average Bonchev–Trinajstić information content (AvgIpc) is 2.93. The monoisotopic (exact) mass is 313 g/mol. The molecule has 1 N–H and O–H groups in total. The lowest BCUT2D eigenvalue weighted by Gasteiger charge is -2.29. The molecule has 1 aliphatic rings. The maximum absolute atomic E-state index is 12.6. The number of aliphatic carboxylic acids is 1. The number of hydrogen-bond acceptors (Lipinski definition) is 5. The molecule has 2 unspecified atom stereocenters. The lowest BCUT2D eigenvalue weighted by molar-refractivity contribution is -0.142. The number of amides is 1. The van der Waals surface area contributed by atoms with Crippen molar-refractivity contribution in [1.82, 2.24) is 14.9 Å². The van der Waals surface area contributed by atoms with E-state index in [0.29, 0.717) is 13.0 Å². The molecule has 0 bridgehead atoms. The number of carbonyl (C=O) groups excluding carboxylic acids is 1. The van der Waals surface area contributed by atoms with E-state index in [1.807, 2.05) is 6.92 Å². The quantitative estimate of drug-likeness (QED) is 0.874. The second kappa shape index (κ2) is 6.82. The summed E-state index contributed by atoms with van der Waals surface area (Å²) in [5, 5.41) is 9.35. The van der Waals surface area contributed by atoms with E-state index in [2.05, 4.69) is 9.97 Å². The number of carbonyl (C=O) groups is 2. The van der Waals surface area contributed by atoms with Gasteiger partial charge in [-0.05, 0) is 6.42 Å². The molecule has 0 aliphatic carbocycles. The SMILES string of the molecule is CCCN(C(=O)c1cncc(Cl)n1)C1COCC1C(=O)O. The first kappa shape index (κ1) is 15.7. The van der Waals surface area contributed by atoms with Gasteiger partial charge in [0.05, 0.1) is 31.6 Å². The third-order valence-corrected chi connectivity index (χ3v) is 3.50. The molecule has 2 heterocycles. The maximum Gasteiger partial charge on any atom is 0.311 e. The Kier molecular flexibility index (Phi) is 5.08. The van der Waals surface area contributed by atoms with Crippen LogP contribution in [0.4, 0.5) is 0 Å². The first-order chi connectivity index (χ1) is 10.0. The predicted molar refractivity (Wildman–Crippen MR) is 74.1 cm³/mol. The van der Waals surface area contributed by atoms with Gasteiger partial charge < -0.3 is 14.7 Å². The van der Waals surface area contributed by atoms with Gasteiger partial charge in [-0.2, -0.15) is 0 Å². The molecule has 8 heteroatoms. The lowest BCUT2D eigenvalue weighted by Crippen LogP contribution is -2.47. The zero-order chi connectivity index (χ0) is 15.4. The highest BCUT2D eigenvalue weighted by molar-refractivity contribution is 6.29. The van der Waals surface area contributed by atoms with E-state index in [9.17, 15) is 14.7 Å². The fraction of sp³-hybridized carbons (Fsp3) is 0.538. The summed E-state index contributed by atoms with van der Waals surface area (Å²) < 4.78 is 5.23. The molecule has 1 amide bonds. The number of aromatic nitrogens is 2. The van der Waals surface area contributed by atoms with Gasteiger partial charge in [0.15, 0.2) is 0 Å². The Labute approximate surface area is 126 Å². The maximum atomic E-state index is 12.6. The van der Waals surface area contributed by atoms with Crippen LogP contribution in [0.2, 0.25) is 5.15 Å². The van der Waals surface area contributed by atoms with Crippen LogP contribution < -0.4 is 0 Å². The summed E-state index contributed by atoms with van der Waals surface area (Å²) in [7, 11) is 0. The van der Waals surface area contributed by atoms with Crippen LogP contribution in [0.5, 0.6) is 0 Å². The second-order valence-electron chi connectivity index (χ2n) is 4.78. The third-order valence-electron chi connectivity index (χ3n) is 3.32. The van der Waals surface area contributed by atoms with Crippen LogP contribution >= 0.6 is 11.6 Å². The number of ether oxygens (including phenoxy) is 1. The number of carboxylic acids is 1. The van der Waals surface area contributed by atoms with Crippen molar-refractivity contribution in [3.05, 3.63) is 23.2 Å².